The Labute approximate surface area is 450 Å². The molecule has 6 heterocycles. The Morgan fingerprint density at radius 3 is 1.21 bits per heavy atom. The van der Waals surface area contributed by atoms with Crippen molar-refractivity contribution in [3.8, 4) is 53.6 Å². The fourth-order valence-electron chi connectivity index (χ4n) is 10.9. The molecule has 4 aromatic carbocycles. The molecule has 10 aromatic rings. The van der Waals surface area contributed by atoms with Crippen molar-refractivity contribution in [1.82, 2.24) is 0 Å². The van der Waals surface area contributed by atoms with Gasteiger partial charge in [-0.15, -0.1) is 68.0 Å². The molecular weight excluding hydrogens is 1170 g/mol. The summed E-state index contributed by atoms with van der Waals surface area (Å²) in [6.45, 7) is 0. The van der Waals surface area contributed by atoms with E-state index in [1.54, 1.807) is 29.0 Å². The summed E-state index contributed by atoms with van der Waals surface area (Å²) in [5.74, 6) is -3.77. The van der Waals surface area contributed by atoms with Crippen LogP contribution in [0.15, 0.2) is 107 Å². The summed E-state index contributed by atoms with van der Waals surface area (Å²) in [5.41, 5.74) is -5.51. The van der Waals surface area contributed by atoms with Gasteiger partial charge < -0.3 is 0 Å². The molecular formula is C56H18F16S6. The van der Waals surface area contributed by atoms with Gasteiger partial charge in [-0.2, -0.15) is 52.7 Å². The van der Waals surface area contributed by atoms with Crippen molar-refractivity contribution in [3.05, 3.63) is 214 Å². The van der Waals surface area contributed by atoms with Crippen LogP contribution in [0.3, 0.4) is 0 Å². The number of alkyl halides is 12. The lowest BCUT2D eigenvalue weighted by Gasteiger charge is -2.15. The van der Waals surface area contributed by atoms with Gasteiger partial charge in [0.2, 0.25) is 0 Å². The van der Waals surface area contributed by atoms with Crippen LogP contribution in [0.5, 0.6) is 0 Å². The molecule has 0 amide bonds. The molecule has 78 heavy (non-hydrogen) atoms. The van der Waals surface area contributed by atoms with Crippen LogP contribution in [-0.2, 0) is 24.7 Å². The van der Waals surface area contributed by atoms with Crippen LogP contribution in [0.4, 0.5) is 70.2 Å². The first-order valence-electron chi connectivity index (χ1n) is 22.6. The third-order valence-electron chi connectivity index (χ3n) is 14.0. The number of hydrogen-bond donors (Lipinski definition) is 0. The highest BCUT2D eigenvalue weighted by atomic mass is 32.1. The van der Waals surface area contributed by atoms with Crippen molar-refractivity contribution in [1.29, 1.82) is 0 Å². The molecule has 4 aliphatic rings. The molecule has 0 aliphatic heterocycles. The molecule has 14 rings (SSSR count). The minimum Gasteiger partial charge on any atom is -0.206 e. The summed E-state index contributed by atoms with van der Waals surface area (Å²) in [5, 5.41) is 5.02. The van der Waals surface area contributed by atoms with E-state index in [4.69, 9.17) is 0 Å². The van der Waals surface area contributed by atoms with Crippen LogP contribution in [-0.4, -0.2) is 0 Å². The minimum atomic E-state index is -5.32. The molecule has 390 valence electrons. The molecule has 22 heteroatoms. The Hall–Kier alpha value is -6.56. The minimum absolute atomic E-state index is 0.0252. The zero-order chi connectivity index (χ0) is 54.6. The Bertz CT molecular complexity index is 4530. The lowest BCUT2D eigenvalue weighted by atomic mass is 9.97. The third kappa shape index (κ3) is 7.07. The largest absolute Gasteiger partial charge is 0.416 e. The highest BCUT2D eigenvalue weighted by molar-refractivity contribution is 7.18. The Balaban J connectivity index is 1.03. The predicted octanol–water partition coefficient (Wildman–Crippen LogP) is 17.3. The van der Waals surface area contributed by atoms with Gasteiger partial charge in [-0.05, 0) is 112 Å². The normalized spacial score (nSPS) is 14.3. The van der Waals surface area contributed by atoms with Gasteiger partial charge in [0.15, 0.2) is 0 Å². The first-order chi connectivity index (χ1) is 36.9. The average molecular weight is 1190 g/mol. The van der Waals surface area contributed by atoms with E-state index < -0.39 is 86.9 Å². The number of halogens is 16. The first-order valence-corrected chi connectivity index (χ1v) is 27.7. The van der Waals surface area contributed by atoms with E-state index in [1.165, 1.54) is 40.2 Å². The Morgan fingerprint density at radius 2 is 0.718 bits per heavy atom. The zero-order valence-corrected chi connectivity index (χ0v) is 42.8. The van der Waals surface area contributed by atoms with Crippen molar-refractivity contribution in [2.45, 2.75) is 24.7 Å². The van der Waals surface area contributed by atoms with Gasteiger partial charge in [-0.25, -0.2) is 17.6 Å². The lowest BCUT2D eigenvalue weighted by Crippen LogP contribution is -2.13. The van der Waals surface area contributed by atoms with E-state index in [0.29, 0.717) is 70.9 Å². The molecule has 0 fully saturated rings. The van der Waals surface area contributed by atoms with Crippen molar-refractivity contribution in [3.63, 3.8) is 0 Å². The van der Waals surface area contributed by atoms with E-state index in [1.807, 2.05) is 0 Å². The molecule has 0 nitrogen and oxygen atoms in total. The quantitative estimate of drug-likeness (QED) is 0.151. The van der Waals surface area contributed by atoms with Crippen LogP contribution >= 0.6 is 68.0 Å². The summed E-state index contributed by atoms with van der Waals surface area (Å²) in [4.78, 5) is 1.64. The molecule has 0 N–H and O–H groups in total. The van der Waals surface area contributed by atoms with E-state index in [2.05, 4.69) is 0 Å². The number of benzene rings is 4. The molecule has 0 unspecified atom stereocenters. The van der Waals surface area contributed by atoms with Gasteiger partial charge in [-0.1, -0.05) is 6.07 Å². The lowest BCUT2D eigenvalue weighted by molar-refractivity contribution is -0.144. The summed E-state index contributed by atoms with van der Waals surface area (Å²) in [7, 11) is 0. The fraction of sp³-hybridized carbons (Fsp3) is 0.0714. The average Bonchev–Trinajstić information content (AvgIpc) is 3.52. The van der Waals surface area contributed by atoms with Gasteiger partial charge >= 0.3 is 24.7 Å². The van der Waals surface area contributed by atoms with Gasteiger partial charge in [0.25, 0.3) is 0 Å². The Kier molecular flexibility index (Phi) is 10.5. The maximum atomic E-state index is 18.0. The number of rotatable bonds is 5. The number of thiophene rings is 6. The van der Waals surface area contributed by atoms with E-state index in [-0.39, 0.29) is 85.9 Å². The Morgan fingerprint density at radius 1 is 0.308 bits per heavy atom. The molecule has 0 saturated carbocycles. The fourth-order valence-corrected chi connectivity index (χ4v) is 18.2. The van der Waals surface area contributed by atoms with Gasteiger partial charge in [0.1, 0.15) is 23.3 Å². The van der Waals surface area contributed by atoms with Crippen molar-refractivity contribution in [2.24, 2.45) is 0 Å². The predicted molar refractivity (Wildman–Crippen MR) is 271 cm³/mol. The maximum absolute atomic E-state index is 18.0. The summed E-state index contributed by atoms with van der Waals surface area (Å²) in [6.07, 6.45) is -21.1. The van der Waals surface area contributed by atoms with Crippen LogP contribution in [0.25, 0.3) is 75.9 Å². The van der Waals surface area contributed by atoms with Gasteiger partial charge in [0, 0.05) is 115 Å². The second-order valence-electron chi connectivity index (χ2n) is 18.3. The molecule has 0 atom stereocenters. The van der Waals surface area contributed by atoms with Crippen LogP contribution in [0, 0.1) is 23.3 Å². The van der Waals surface area contributed by atoms with Gasteiger partial charge in [0.05, 0.1) is 33.4 Å². The number of fused-ring (bicyclic) bond motifs is 14. The highest BCUT2D eigenvalue weighted by Gasteiger charge is 2.43. The van der Waals surface area contributed by atoms with E-state index >= 15 is 17.6 Å². The molecule has 0 bridgehead atoms. The van der Waals surface area contributed by atoms with E-state index in [9.17, 15) is 52.7 Å². The summed E-state index contributed by atoms with van der Waals surface area (Å²) >= 11 is 6.23. The molecule has 4 aliphatic carbocycles. The van der Waals surface area contributed by atoms with Crippen molar-refractivity contribution >= 4 is 90.3 Å². The summed E-state index contributed by atoms with van der Waals surface area (Å²) < 4.78 is 240. The smallest absolute Gasteiger partial charge is 0.206 e. The standard InChI is InChI=1S/C56H18F16S6/c57-30-2-1-3-31(58)40(30)37-27-7-10-74-46(27)42-43-47-28(8-11-75-47)38(52(43)78-51(37)42)41-32(59)5-4-25(44(41)60)33-18-29-39-36-26-6-9-73-45(26)34(19-12-21(53(61,62)63)16-22(13-19)54(64,65)66)49(36)77-50(39)35(48(29)76-33)20-14-23(55(67,68)69)17-24(15-20)56(70,71)72/h1-18H. The molecule has 0 saturated heterocycles. The van der Waals surface area contributed by atoms with Crippen LogP contribution in [0.2, 0.25) is 0 Å². The van der Waals surface area contributed by atoms with Crippen LogP contribution < -0.4 is 18.1 Å². The van der Waals surface area contributed by atoms with Crippen molar-refractivity contribution in [2.75, 3.05) is 0 Å². The molecule has 6 aromatic heterocycles. The van der Waals surface area contributed by atoms with Crippen molar-refractivity contribution < 1.29 is 70.2 Å². The highest BCUT2D eigenvalue weighted by Crippen LogP contribution is 2.55. The second-order valence-corrected chi connectivity index (χ2v) is 24.2. The first kappa shape index (κ1) is 49.7. The topological polar surface area (TPSA) is 0 Å². The summed E-state index contributed by atoms with van der Waals surface area (Å²) in [6, 6.07) is 14.0. The van der Waals surface area contributed by atoms with E-state index in [0.717, 1.165) is 69.6 Å². The number of hydrogen-bond acceptors (Lipinski definition) is 6. The zero-order valence-electron chi connectivity index (χ0n) is 37.9. The SMILES string of the molecule is Fc1cccc(F)c1C1=c2sc3c(c2-c2sccc21)-c1sccc1C=3c1c(F)ccc(-c2cc3c(s2)C(c2cc(C(F)(F)F)cc(C(F)(F)F)c2)=c2sc4c(c2-3)-c2ccsc2C=4c2cc(C(F)(F)F)cc(C(F)(F)F)c2)c1F. The monoisotopic (exact) mass is 1190 g/mol. The van der Waals surface area contributed by atoms with Crippen LogP contribution in [0.1, 0.15) is 65.4 Å². The molecule has 0 radical (unpaired) electrons. The second kappa shape index (κ2) is 16.5. The third-order valence-corrected chi connectivity index (χ3v) is 20.4. The van der Waals surface area contributed by atoms with Gasteiger partial charge in [-0.3, -0.25) is 0 Å². The maximum Gasteiger partial charge on any atom is 0.416 e. The molecule has 0 spiro atoms.